The van der Waals surface area contributed by atoms with Crippen molar-refractivity contribution in [2.75, 3.05) is 13.1 Å². The number of hydrogen-bond donors (Lipinski definition) is 2. The van der Waals surface area contributed by atoms with Gasteiger partial charge in [-0.2, -0.15) is 0 Å². The molecule has 1 atom stereocenters. The minimum Gasteiger partial charge on any atom is -0.352 e. The maximum atomic E-state index is 12.6. The van der Waals surface area contributed by atoms with Crippen molar-refractivity contribution >= 4 is 28.6 Å². The van der Waals surface area contributed by atoms with Crippen molar-refractivity contribution in [2.24, 2.45) is 0 Å². The average Bonchev–Trinajstić information content (AvgIpc) is 3.33. The van der Waals surface area contributed by atoms with Crippen molar-refractivity contribution in [2.45, 2.75) is 25.3 Å². The zero-order chi connectivity index (χ0) is 17.8. The van der Waals surface area contributed by atoms with E-state index in [-0.39, 0.29) is 11.9 Å². The number of nitrogens with zero attached hydrogens (tertiary/aromatic N) is 1. The Hall–Kier alpha value is -2.02. The molecule has 134 valence electrons. The first-order chi connectivity index (χ1) is 12.8. The molecule has 1 aliphatic heterocycles. The lowest BCUT2D eigenvalue weighted by Gasteiger charge is -2.23. The molecule has 1 amide bonds. The summed E-state index contributed by atoms with van der Waals surface area (Å²) in [5, 5.41) is 9.53. The predicted molar refractivity (Wildman–Crippen MR) is 109 cm³/mol. The molecular formula is C20H21N3OS2. The van der Waals surface area contributed by atoms with Crippen LogP contribution in [0.25, 0.3) is 21.1 Å². The van der Waals surface area contributed by atoms with Crippen LogP contribution in [0.15, 0.2) is 47.8 Å². The number of aromatic nitrogens is 1. The van der Waals surface area contributed by atoms with Gasteiger partial charge in [0, 0.05) is 23.0 Å². The lowest BCUT2D eigenvalue weighted by Crippen LogP contribution is -2.46. The number of benzene rings is 1. The Morgan fingerprint density at radius 2 is 2.12 bits per heavy atom. The van der Waals surface area contributed by atoms with Crippen LogP contribution in [0.2, 0.25) is 0 Å². The van der Waals surface area contributed by atoms with Crippen molar-refractivity contribution in [3.05, 3.63) is 52.7 Å². The number of nitrogens with one attached hydrogen (secondary N) is 2. The number of amides is 1. The standard InChI is InChI=1S/C20H21N3OS2/c24-18(22-15-8-4-10-21-13-15)12-17-19(16-9-5-11-25-16)23-20(26-17)14-6-2-1-3-7-14/h1-3,5-7,9,11,15,21H,4,8,10,12-13H2,(H,22,24)/t15-/m0/s1. The van der Waals surface area contributed by atoms with Crippen molar-refractivity contribution in [1.82, 2.24) is 15.6 Å². The van der Waals surface area contributed by atoms with Crippen molar-refractivity contribution in [3.63, 3.8) is 0 Å². The Morgan fingerprint density at radius 1 is 1.23 bits per heavy atom. The number of rotatable bonds is 5. The highest BCUT2D eigenvalue weighted by Gasteiger charge is 2.20. The maximum absolute atomic E-state index is 12.6. The first-order valence-electron chi connectivity index (χ1n) is 8.88. The minimum absolute atomic E-state index is 0.0831. The van der Waals surface area contributed by atoms with E-state index in [1.807, 2.05) is 24.3 Å². The van der Waals surface area contributed by atoms with Gasteiger partial charge in [-0.25, -0.2) is 4.98 Å². The summed E-state index contributed by atoms with van der Waals surface area (Å²) in [6.45, 7) is 1.91. The molecule has 1 saturated heterocycles. The third kappa shape index (κ3) is 4.03. The van der Waals surface area contributed by atoms with E-state index in [1.54, 1.807) is 22.7 Å². The molecule has 0 unspecified atom stereocenters. The number of thiophene rings is 1. The van der Waals surface area contributed by atoms with E-state index in [2.05, 4.69) is 34.2 Å². The van der Waals surface area contributed by atoms with Gasteiger partial charge in [0.25, 0.3) is 0 Å². The molecule has 0 bridgehead atoms. The molecule has 26 heavy (non-hydrogen) atoms. The van der Waals surface area contributed by atoms with Gasteiger partial charge in [0.05, 0.1) is 17.0 Å². The van der Waals surface area contributed by atoms with Gasteiger partial charge in [-0.1, -0.05) is 36.4 Å². The molecule has 6 heteroatoms. The zero-order valence-electron chi connectivity index (χ0n) is 14.4. The second kappa shape index (κ2) is 8.12. The number of piperidine rings is 1. The van der Waals surface area contributed by atoms with Gasteiger partial charge in [-0.3, -0.25) is 4.79 Å². The van der Waals surface area contributed by atoms with Gasteiger partial charge >= 0.3 is 0 Å². The summed E-state index contributed by atoms with van der Waals surface area (Å²) in [6.07, 6.45) is 2.55. The van der Waals surface area contributed by atoms with E-state index in [0.717, 1.165) is 52.0 Å². The quantitative estimate of drug-likeness (QED) is 0.701. The highest BCUT2D eigenvalue weighted by atomic mass is 32.1. The molecule has 0 aliphatic carbocycles. The molecular weight excluding hydrogens is 362 g/mol. The summed E-state index contributed by atoms with van der Waals surface area (Å²) in [5.74, 6) is 0.0831. The van der Waals surface area contributed by atoms with Crippen LogP contribution in [-0.4, -0.2) is 30.0 Å². The first-order valence-corrected chi connectivity index (χ1v) is 10.6. The van der Waals surface area contributed by atoms with Gasteiger partial charge in [0.1, 0.15) is 5.01 Å². The van der Waals surface area contributed by atoms with E-state index in [0.29, 0.717) is 6.42 Å². The highest BCUT2D eigenvalue weighted by molar-refractivity contribution is 7.17. The van der Waals surface area contributed by atoms with Crippen LogP contribution in [0, 0.1) is 0 Å². The molecule has 4 rings (SSSR count). The number of hydrogen-bond acceptors (Lipinski definition) is 5. The molecule has 1 aromatic carbocycles. The first kappa shape index (κ1) is 17.4. The summed E-state index contributed by atoms with van der Waals surface area (Å²) in [4.78, 5) is 19.6. The van der Waals surface area contributed by atoms with Crippen molar-refractivity contribution in [3.8, 4) is 21.1 Å². The molecule has 3 heterocycles. The van der Waals surface area contributed by atoms with Gasteiger partial charge in [-0.15, -0.1) is 22.7 Å². The normalized spacial score (nSPS) is 17.2. The number of thiazole rings is 1. The molecule has 1 fully saturated rings. The Morgan fingerprint density at radius 3 is 2.85 bits per heavy atom. The average molecular weight is 384 g/mol. The lowest BCUT2D eigenvalue weighted by atomic mass is 10.1. The highest BCUT2D eigenvalue weighted by Crippen LogP contribution is 2.36. The Kier molecular flexibility index (Phi) is 5.43. The van der Waals surface area contributed by atoms with Crippen LogP contribution in [0.4, 0.5) is 0 Å². The number of carbonyl (C=O) groups is 1. The third-order valence-electron chi connectivity index (χ3n) is 4.46. The van der Waals surface area contributed by atoms with Crippen LogP contribution in [0.5, 0.6) is 0 Å². The molecule has 0 spiro atoms. The largest absolute Gasteiger partial charge is 0.352 e. The molecule has 2 aromatic heterocycles. The van der Waals surface area contributed by atoms with Crippen molar-refractivity contribution in [1.29, 1.82) is 0 Å². The molecule has 0 radical (unpaired) electrons. The Labute approximate surface area is 161 Å². The Balaban J connectivity index is 1.57. The monoisotopic (exact) mass is 383 g/mol. The van der Waals surface area contributed by atoms with E-state index in [1.165, 1.54) is 0 Å². The van der Waals surface area contributed by atoms with E-state index in [4.69, 9.17) is 4.98 Å². The summed E-state index contributed by atoms with van der Waals surface area (Å²) < 4.78 is 0. The fraction of sp³-hybridized carbons (Fsp3) is 0.300. The van der Waals surface area contributed by atoms with Crippen LogP contribution < -0.4 is 10.6 Å². The lowest BCUT2D eigenvalue weighted by molar-refractivity contribution is -0.121. The predicted octanol–water partition coefficient (Wildman–Crippen LogP) is 3.95. The van der Waals surface area contributed by atoms with E-state index >= 15 is 0 Å². The van der Waals surface area contributed by atoms with E-state index in [9.17, 15) is 4.79 Å². The fourth-order valence-electron chi connectivity index (χ4n) is 3.18. The number of carbonyl (C=O) groups excluding carboxylic acids is 1. The van der Waals surface area contributed by atoms with Gasteiger partial charge in [-0.05, 0) is 30.8 Å². The smallest absolute Gasteiger partial charge is 0.225 e. The fourth-order valence-corrected chi connectivity index (χ4v) is 5.07. The topological polar surface area (TPSA) is 54.0 Å². The van der Waals surface area contributed by atoms with Gasteiger partial charge in [0.15, 0.2) is 0 Å². The molecule has 1 aliphatic rings. The molecule has 4 nitrogen and oxygen atoms in total. The summed E-state index contributed by atoms with van der Waals surface area (Å²) in [6, 6.07) is 14.5. The second-order valence-corrected chi connectivity index (χ2v) is 8.45. The summed E-state index contributed by atoms with van der Waals surface area (Å²) in [7, 11) is 0. The van der Waals surface area contributed by atoms with Gasteiger partial charge in [0.2, 0.25) is 5.91 Å². The van der Waals surface area contributed by atoms with Crippen LogP contribution >= 0.6 is 22.7 Å². The SMILES string of the molecule is O=C(Cc1sc(-c2ccccc2)nc1-c1cccs1)N[C@H]1CCCNC1. The minimum atomic E-state index is 0.0831. The molecule has 3 aromatic rings. The maximum Gasteiger partial charge on any atom is 0.225 e. The van der Waals surface area contributed by atoms with E-state index < -0.39 is 0 Å². The Bertz CT molecular complexity index is 853. The molecule has 0 saturated carbocycles. The van der Waals surface area contributed by atoms with Crippen molar-refractivity contribution < 1.29 is 4.79 Å². The molecule has 2 N–H and O–H groups in total. The second-order valence-electron chi connectivity index (χ2n) is 6.42. The van der Waals surface area contributed by atoms with Crippen LogP contribution in [0.1, 0.15) is 17.7 Å². The third-order valence-corrected chi connectivity index (χ3v) is 6.44. The van der Waals surface area contributed by atoms with Gasteiger partial charge < -0.3 is 10.6 Å². The van der Waals surface area contributed by atoms with Crippen LogP contribution in [0.3, 0.4) is 0 Å². The van der Waals surface area contributed by atoms with Crippen LogP contribution in [-0.2, 0) is 11.2 Å². The zero-order valence-corrected chi connectivity index (χ0v) is 16.0. The summed E-state index contributed by atoms with van der Waals surface area (Å²) in [5.41, 5.74) is 2.04. The summed E-state index contributed by atoms with van der Waals surface area (Å²) >= 11 is 3.28.